The number of pyridine rings is 2. The molecule has 4 nitrogen and oxygen atoms in total. The van der Waals surface area contributed by atoms with Crippen LogP contribution in [0.3, 0.4) is 0 Å². The molecule has 0 unspecified atom stereocenters. The maximum atomic E-state index is 9.93. The Hall–Kier alpha value is -1.68. The molecule has 0 spiro atoms. The summed E-state index contributed by atoms with van der Waals surface area (Å²) in [6.45, 7) is 6.97. The Balaban J connectivity index is 1.79. The monoisotopic (exact) mass is 300 g/mol. The molecule has 0 atom stereocenters. The van der Waals surface area contributed by atoms with E-state index in [1.54, 1.807) is 6.20 Å². The molecule has 0 bridgehead atoms. The highest BCUT2D eigenvalue weighted by atomic mass is 16.5. The van der Waals surface area contributed by atoms with Gasteiger partial charge in [0.15, 0.2) is 0 Å². The molecule has 0 saturated heterocycles. The molecule has 1 N–H and O–H groups in total. The minimum atomic E-state index is -0.547. The molecule has 0 aliphatic heterocycles. The lowest BCUT2D eigenvalue weighted by Crippen LogP contribution is -2.39. The molecule has 2 aromatic heterocycles. The highest BCUT2D eigenvalue weighted by molar-refractivity contribution is 5.82. The van der Waals surface area contributed by atoms with Crippen LogP contribution >= 0.6 is 0 Å². The molecular formula is C18H24N2O2. The van der Waals surface area contributed by atoms with Gasteiger partial charge in [-0.1, -0.05) is 13.8 Å². The van der Waals surface area contributed by atoms with Gasteiger partial charge in [-0.05, 0) is 44.2 Å². The van der Waals surface area contributed by atoms with Gasteiger partial charge >= 0.3 is 0 Å². The summed E-state index contributed by atoms with van der Waals surface area (Å²) in [6.07, 6.45) is 6.16. The van der Waals surface area contributed by atoms with Crippen LogP contribution in [0, 0.1) is 5.92 Å². The van der Waals surface area contributed by atoms with Crippen LogP contribution in [-0.2, 0) is 0 Å². The molecule has 1 aliphatic rings. The fourth-order valence-electron chi connectivity index (χ4n) is 3.05. The number of ether oxygens (including phenoxy) is 1. The van der Waals surface area contributed by atoms with Crippen molar-refractivity contribution >= 4 is 10.9 Å². The quantitative estimate of drug-likeness (QED) is 0.915. The first kappa shape index (κ1) is 15.2. The average Bonchev–Trinajstić information content (AvgIpc) is 2.43. The third-order valence-corrected chi connectivity index (χ3v) is 4.33. The molecule has 118 valence electrons. The van der Waals surface area contributed by atoms with Gasteiger partial charge in [0, 0.05) is 17.5 Å². The molecule has 1 saturated carbocycles. The Bertz CT molecular complexity index is 659. The summed E-state index contributed by atoms with van der Waals surface area (Å²) in [5.41, 5.74) is 1.38. The van der Waals surface area contributed by atoms with Crippen LogP contribution in [0.5, 0.6) is 5.75 Å². The van der Waals surface area contributed by atoms with Crippen LogP contribution in [0.2, 0.25) is 0 Å². The third-order valence-electron chi connectivity index (χ3n) is 4.33. The molecule has 2 heterocycles. The molecule has 4 heteroatoms. The van der Waals surface area contributed by atoms with Gasteiger partial charge in [-0.25, -0.2) is 0 Å². The maximum absolute atomic E-state index is 9.93. The summed E-state index contributed by atoms with van der Waals surface area (Å²) in [5.74, 6) is 1.75. The minimum absolute atomic E-state index is 0.305. The van der Waals surface area contributed by atoms with Crippen LogP contribution < -0.4 is 4.74 Å². The molecule has 1 fully saturated rings. The number of rotatable bonds is 5. The molecular weight excluding hydrogens is 276 g/mol. The van der Waals surface area contributed by atoms with Gasteiger partial charge in [0.2, 0.25) is 0 Å². The largest absolute Gasteiger partial charge is 0.492 e. The normalized spacial score (nSPS) is 24.5. The van der Waals surface area contributed by atoms with Crippen LogP contribution in [0.4, 0.5) is 0 Å². The van der Waals surface area contributed by atoms with E-state index in [1.165, 1.54) is 0 Å². The summed E-state index contributed by atoms with van der Waals surface area (Å²) >= 11 is 0. The number of aliphatic hydroxyl groups is 1. The first-order valence-corrected chi connectivity index (χ1v) is 8.04. The standard InChI is InChI=1S/C18H24N2O2/c1-12(2)5-7-22-15-8-13-4-6-19-17(16(13)20-11-15)14-9-18(3,21)10-14/h4,6,8,11-12,14,21H,5,7,9-10H2,1-3H3/t14-,18+. The van der Waals surface area contributed by atoms with Gasteiger partial charge in [0.05, 0.1) is 29.6 Å². The molecule has 3 rings (SSSR count). The molecule has 0 amide bonds. The van der Waals surface area contributed by atoms with Gasteiger partial charge in [0.25, 0.3) is 0 Å². The number of hydrogen-bond donors (Lipinski definition) is 1. The van der Waals surface area contributed by atoms with Crippen molar-refractivity contribution in [3.63, 3.8) is 0 Å². The lowest BCUT2D eigenvalue weighted by atomic mass is 9.70. The first-order chi connectivity index (χ1) is 10.4. The molecule has 0 aromatic carbocycles. The Labute approximate surface area is 131 Å². The van der Waals surface area contributed by atoms with Crippen LogP contribution in [-0.4, -0.2) is 27.3 Å². The summed E-state index contributed by atoms with van der Waals surface area (Å²) in [5, 5.41) is 11.0. The van der Waals surface area contributed by atoms with Crippen molar-refractivity contribution in [3.05, 3.63) is 30.2 Å². The number of aromatic nitrogens is 2. The van der Waals surface area contributed by atoms with E-state index in [1.807, 2.05) is 25.3 Å². The lowest BCUT2D eigenvalue weighted by Gasteiger charge is -2.40. The Morgan fingerprint density at radius 1 is 1.36 bits per heavy atom. The van der Waals surface area contributed by atoms with Crippen LogP contribution in [0.1, 0.15) is 51.6 Å². The van der Waals surface area contributed by atoms with Gasteiger partial charge in [0.1, 0.15) is 5.75 Å². The third kappa shape index (κ3) is 3.22. The van der Waals surface area contributed by atoms with Crippen LogP contribution in [0.25, 0.3) is 10.9 Å². The van der Waals surface area contributed by atoms with Gasteiger partial charge in [-0.3, -0.25) is 9.97 Å². The Kier molecular flexibility index (Phi) is 4.04. The fraction of sp³-hybridized carbons (Fsp3) is 0.556. The van der Waals surface area contributed by atoms with E-state index in [9.17, 15) is 5.11 Å². The summed E-state index contributed by atoms with van der Waals surface area (Å²) in [4.78, 5) is 9.06. The molecule has 22 heavy (non-hydrogen) atoms. The second-order valence-corrected chi connectivity index (χ2v) is 7.07. The van der Waals surface area contributed by atoms with Crippen molar-refractivity contribution in [2.24, 2.45) is 5.92 Å². The zero-order chi connectivity index (χ0) is 15.7. The average molecular weight is 300 g/mol. The van der Waals surface area contributed by atoms with Gasteiger partial charge in [-0.2, -0.15) is 0 Å². The predicted octanol–water partition coefficient (Wildman–Crippen LogP) is 3.68. The van der Waals surface area contributed by atoms with Crippen molar-refractivity contribution in [2.45, 2.75) is 51.6 Å². The van der Waals surface area contributed by atoms with Gasteiger partial charge in [-0.15, -0.1) is 0 Å². The molecule has 2 aromatic rings. The predicted molar refractivity (Wildman–Crippen MR) is 87.1 cm³/mol. The van der Waals surface area contributed by atoms with Crippen molar-refractivity contribution in [3.8, 4) is 5.75 Å². The summed E-state index contributed by atoms with van der Waals surface area (Å²) in [6, 6.07) is 4.00. The summed E-state index contributed by atoms with van der Waals surface area (Å²) < 4.78 is 5.78. The first-order valence-electron chi connectivity index (χ1n) is 8.04. The fourth-order valence-corrected chi connectivity index (χ4v) is 3.05. The van der Waals surface area contributed by atoms with Crippen molar-refractivity contribution in [2.75, 3.05) is 6.61 Å². The molecule has 0 radical (unpaired) electrons. The zero-order valence-electron chi connectivity index (χ0n) is 13.5. The number of nitrogens with zero attached hydrogens (tertiary/aromatic N) is 2. The van der Waals surface area contributed by atoms with E-state index in [-0.39, 0.29) is 0 Å². The minimum Gasteiger partial charge on any atom is -0.492 e. The van der Waals surface area contributed by atoms with Gasteiger partial charge < -0.3 is 9.84 Å². The summed E-state index contributed by atoms with van der Waals surface area (Å²) in [7, 11) is 0. The van der Waals surface area contributed by atoms with Crippen molar-refractivity contribution in [1.82, 2.24) is 9.97 Å². The lowest BCUT2D eigenvalue weighted by molar-refractivity contribution is -0.0319. The second-order valence-electron chi connectivity index (χ2n) is 7.07. The smallest absolute Gasteiger partial charge is 0.138 e. The highest BCUT2D eigenvalue weighted by Gasteiger charge is 2.40. The SMILES string of the molecule is CC(C)CCOc1cnc2c(ccnc2[C@H]2C[C@@](C)(O)C2)c1. The van der Waals surface area contributed by atoms with E-state index < -0.39 is 5.60 Å². The Morgan fingerprint density at radius 3 is 2.82 bits per heavy atom. The topological polar surface area (TPSA) is 55.2 Å². The second kappa shape index (κ2) is 5.84. The van der Waals surface area contributed by atoms with E-state index in [0.29, 0.717) is 18.4 Å². The number of fused-ring (bicyclic) bond motifs is 1. The zero-order valence-corrected chi connectivity index (χ0v) is 13.5. The van der Waals surface area contributed by atoms with E-state index in [4.69, 9.17) is 4.74 Å². The maximum Gasteiger partial charge on any atom is 0.138 e. The van der Waals surface area contributed by atoms with Crippen LogP contribution in [0.15, 0.2) is 24.5 Å². The highest BCUT2D eigenvalue weighted by Crippen LogP contribution is 2.45. The van der Waals surface area contributed by atoms with Crippen molar-refractivity contribution < 1.29 is 9.84 Å². The van der Waals surface area contributed by atoms with E-state index in [2.05, 4.69) is 23.8 Å². The van der Waals surface area contributed by atoms with E-state index in [0.717, 1.165) is 41.6 Å². The molecule has 1 aliphatic carbocycles. The van der Waals surface area contributed by atoms with Crippen molar-refractivity contribution in [1.29, 1.82) is 0 Å². The Morgan fingerprint density at radius 2 is 2.14 bits per heavy atom. The van der Waals surface area contributed by atoms with E-state index >= 15 is 0 Å². The number of hydrogen-bond acceptors (Lipinski definition) is 4.